The Labute approximate surface area is 97.0 Å². The van der Waals surface area contributed by atoms with Crippen LogP contribution in [0.15, 0.2) is 6.20 Å². The molecule has 4 nitrogen and oxygen atoms in total. The fourth-order valence-electron chi connectivity index (χ4n) is 1.83. The number of hydrogen-bond donors (Lipinski definition) is 1. The van der Waals surface area contributed by atoms with Crippen LogP contribution in [0.1, 0.15) is 32.4 Å². The lowest BCUT2D eigenvalue weighted by Gasteiger charge is -2.14. The van der Waals surface area contributed by atoms with Gasteiger partial charge in [-0.25, -0.2) is 4.98 Å². The highest BCUT2D eigenvalue weighted by atomic mass is 16.5. The normalized spacial score (nSPS) is 17.4. The molecule has 0 aromatic carbocycles. The molecule has 1 aliphatic carbocycles. The second kappa shape index (κ2) is 4.87. The van der Waals surface area contributed by atoms with Gasteiger partial charge in [-0.3, -0.25) is 0 Å². The third kappa shape index (κ3) is 2.98. The van der Waals surface area contributed by atoms with Gasteiger partial charge in [-0.05, 0) is 33.6 Å². The van der Waals surface area contributed by atoms with Gasteiger partial charge in [0.15, 0.2) is 0 Å². The highest BCUT2D eigenvalue weighted by Crippen LogP contribution is 2.24. The molecular formula is C12H21N3O. The van der Waals surface area contributed by atoms with Crippen LogP contribution >= 0.6 is 0 Å². The minimum Gasteiger partial charge on any atom is -0.377 e. The molecule has 0 radical (unpaired) electrons. The first-order valence-electron chi connectivity index (χ1n) is 6.11. The summed E-state index contributed by atoms with van der Waals surface area (Å²) in [5.74, 6) is 0.992. The van der Waals surface area contributed by atoms with Crippen molar-refractivity contribution in [2.24, 2.45) is 0 Å². The van der Waals surface area contributed by atoms with E-state index in [-0.39, 0.29) is 6.10 Å². The number of aromatic nitrogens is 2. The van der Waals surface area contributed by atoms with E-state index in [0.29, 0.717) is 6.04 Å². The van der Waals surface area contributed by atoms with E-state index in [1.165, 1.54) is 12.8 Å². The zero-order valence-electron chi connectivity index (χ0n) is 10.4. The summed E-state index contributed by atoms with van der Waals surface area (Å²) in [7, 11) is 0. The Bertz CT molecular complexity index is 344. The molecule has 0 amide bonds. The zero-order chi connectivity index (χ0) is 11.5. The maximum absolute atomic E-state index is 5.55. The summed E-state index contributed by atoms with van der Waals surface area (Å²) in [5, 5.41) is 3.45. The summed E-state index contributed by atoms with van der Waals surface area (Å²) in [5.41, 5.74) is 1.06. The molecule has 1 aromatic rings. The average Bonchev–Trinajstić information content (AvgIpc) is 2.94. The molecule has 1 fully saturated rings. The van der Waals surface area contributed by atoms with Crippen molar-refractivity contribution >= 4 is 5.95 Å². The van der Waals surface area contributed by atoms with Crippen molar-refractivity contribution < 1.29 is 4.74 Å². The summed E-state index contributed by atoms with van der Waals surface area (Å²) in [4.78, 5) is 4.50. The van der Waals surface area contributed by atoms with E-state index in [2.05, 4.69) is 28.0 Å². The predicted octanol–water partition coefficient (Wildman–Crippen LogP) is 2.19. The van der Waals surface area contributed by atoms with E-state index in [1.54, 1.807) is 0 Å². The highest BCUT2D eigenvalue weighted by molar-refractivity contribution is 5.32. The summed E-state index contributed by atoms with van der Waals surface area (Å²) >= 11 is 0. The van der Waals surface area contributed by atoms with Crippen molar-refractivity contribution in [2.75, 3.05) is 11.9 Å². The lowest BCUT2D eigenvalue weighted by Crippen LogP contribution is -2.18. The van der Waals surface area contributed by atoms with Crippen molar-refractivity contribution in [2.45, 2.75) is 52.3 Å². The summed E-state index contributed by atoms with van der Waals surface area (Å²) in [6.45, 7) is 7.78. The van der Waals surface area contributed by atoms with E-state index < -0.39 is 0 Å². The second-order valence-electron chi connectivity index (χ2n) is 4.54. The molecule has 90 valence electrons. The van der Waals surface area contributed by atoms with E-state index >= 15 is 0 Å². The van der Waals surface area contributed by atoms with Crippen molar-refractivity contribution in [3.05, 3.63) is 11.9 Å². The van der Waals surface area contributed by atoms with Crippen molar-refractivity contribution in [1.29, 1.82) is 0 Å². The molecule has 0 aliphatic heterocycles. The third-order valence-corrected chi connectivity index (χ3v) is 2.71. The first-order chi connectivity index (χ1) is 7.69. The molecule has 1 N–H and O–H groups in total. The minimum atomic E-state index is 0.235. The van der Waals surface area contributed by atoms with Crippen LogP contribution in [-0.2, 0) is 11.3 Å². The van der Waals surface area contributed by atoms with E-state index in [0.717, 1.165) is 24.8 Å². The third-order valence-electron chi connectivity index (χ3n) is 2.71. The molecule has 1 aromatic heterocycles. The molecular weight excluding hydrogens is 202 g/mol. The Morgan fingerprint density at radius 2 is 2.38 bits per heavy atom. The number of ether oxygens (including phenoxy) is 1. The fraction of sp³-hybridized carbons (Fsp3) is 0.750. The first kappa shape index (κ1) is 11.5. The first-order valence-corrected chi connectivity index (χ1v) is 6.11. The van der Waals surface area contributed by atoms with E-state index in [9.17, 15) is 0 Å². The number of rotatable bonds is 6. The molecule has 1 unspecified atom stereocenters. The minimum absolute atomic E-state index is 0.235. The number of nitrogens with one attached hydrogen (secondary N) is 1. The molecule has 1 aliphatic rings. The van der Waals surface area contributed by atoms with Gasteiger partial charge in [0.2, 0.25) is 5.95 Å². The van der Waals surface area contributed by atoms with Crippen molar-refractivity contribution in [1.82, 2.24) is 9.55 Å². The zero-order valence-corrected chi connectivity index (χ0v) is 10.4. The summed E-state index contributed by atoms with van der Waals surface area (Å²) in [6.07, 6.45) is 4.86. The lowest BCUT2D eigenvalue weighted by atomic mass is 10.4. The molecule has 0 saturated heterocycles. The van der Waals surface area contributed by atoms with Crippen LogP contribution in [0.5, 0.6) is 0 Å². The largest absolute Gasteiger partial charge is 0.377 e. The Morgan fingerprint density at radius 1 is 1.62 bits per heavy atom. The van der Waals surface area contributed by atoms with Crippen molar-refractivity contribution in [3.8, 4) is 0 Å². The Hall–Kier alpha value is -1.03. The molecule has 4 heteroatoms. The highest BCUT2D eigenvalue weighted by Gasteiger charge is 2.23. The predicted molar refractivity (Wildman–Crippen MR) is 64.7 cm³/mol. The van der Waals surface area contributed by atoms with Crippen LogP contribution in [-0.4, -0.2) is 28.3 Å². The lowest BCUT2D eigenvalue weighted by molar-refractivity contribution is 0.0644. The number of imidazole rings is 1. The SMILES string of the molecule is CCOC(C)Cn1cc(C)nc1NC1CC1. The van der Waals surface area contributed by atoms with Gasteiger partial charge in [0.25, 0.3) is 0 Å². The van der Waals surface area contributed by atoms with Gasteiger partial charge in [0, 0.05) is 18.8 Å². The summed E-state index contributed by atoms with van der Waals surface area (Å²) in [6, 6.07) is 0.642. The smallest absolute Gasteiger partial charge is 0.203 e. The quantitative estimate of drug-likeness (QED) is 0.803. The maximum Gasteiger partial charge on any atom is 0.203 e. The van der Waals surface area contributed by atoms with E-state index in [1.807, 2.05) is 13.8 Å². The molecule has 0 spiro atoms. The molecule has 1 saturated carbocycles. The van der Waals surface area contributed by atoms with Crippen LogP contribution in [0.25, 0.3) is 0 Å². The second-order valence-corrected chi connectivity index (χ2v) is 4.54. The topological polar surface area (TPSA) is 39.1 Å². The van der Waals surface area contributed by atoms with Gasteiger partial charge in [-0.15, -0.1) is 0 Å². The van der Waals surface area contributed by atoms with Gasteiger partial charge in [0.1, 0.15) is 0 Å². The van der Waals surface area contributed by atoms with Gasteiger partial charge >= 0.3 is 0 Å². The van der Waals surface area contributed by atoms with Crippen molar-refractivity contribution in [3.63, 3.8) is 0 Å². The van der Waals surface area contributed by atoms with Crippen LogP contribution in [0.3, 0.4) is 0 Å². The Morgan fingerprint density at radius 3 is 3.00 bits per heavy atom. The van der Waals surface area contributed by atoms with Gasteiger partial charge in [-0.1, -0.05) is 0 Å². The number of hydrogen-bond acceptors (Lipinski definition) is 3. The molecule has 16 heavy (non-hydrogen) atoms. The standard InChI is InChI=1S/C12H21N3O/c1-4-16-10(3)8-15-7-9(2)13-12(15)14-11-5-6-11/h7,10-11H,4-6,8H2,1-3H3,(H,13,14). The monoisotopic (exact) mass is 223 g/mol. The van der Waals surface area contributed by atoms with Gasteiger partial charge < -0.3 is 14.6 Å². The van der Waals surface area contributed by atoms with Crippen LogP contribution in [0.4, 0.5) is 5.95 Å². The van der Waals surface area contributed by atoms with E-state index in [4.69, 9.17) is 4.74 Å². The van der Waals surface area contributed by atoms with Crippen LogP contribution < -0.4 is 5.32 Å². The van der Waals surface area contributed by atoms with Gasteiger partial charge in [0.05, 0.1) is 18.3 Å². The summed E-state index contributed by atoms with van der Waals surface area (Å²) < 4.78 is 7.71. The molecule has 0 bridgehead atoms. The fourth-order valence-corrected chi connectivity index (χ4v) is 1.83. The molecule has 2 rings (SSSR count). The number of anilines is 1. The number of nitrogens with zero attached hydrogens (tertiary/aromatic N) is 2. The Kier molecular flexibility index (Phi) is 3.49. The molecule has 1 heterocycles. The van der Waals surface area contributed by atoms with Crippen LogP contribution in [0, 0.1) is 6.92 Å². The van der Waals surface area contributed by atoms with Crippen LogP contribution in [0.2, 0.25) is 0 Å². The van der Waals surface area contributed by atoms with Gasteiger partial charge in [-0.2, -0.15) is 0 Å². The average molecular weight is 223 g/mol. The number of aryl methyl sites for hydroxylation is 1. The Balaban J connectivity index is 1.99. The maximum atomic E-state index is 5.55. The molecule has 1 atom stereocenters.